The lowest BCUT2D eigenvalue weighted by molar-refractivity contribution is -0.133. The molecule has 0 aliphatic carbocycles. The lowest BCUT2D eigenvalue weighted by Gasteiger charge is -2.18. The molecule has 0 unspecified atom stereocenters. The van der Waals surface area contributed by atoms with Crippen LogP contribution in [-0.4, -0.2) is 35.4 Å². The Morgan fingerprint density at radius 1 is 1.04 bits per heavy atom. The molecule has 144 valence electrons. The molecular weight excluding hydrogens is 372 g/mol. The second-order valence-electron chi connectivity index (χ2n) is 6.55. The normalized spacial score (nSPS) is 10.5. The number of aryl methyl sites for hydroxylation is 2. The predicted octanol–water partition coefficient (Wildman–Crippen LogP) is 4.24. The summed E-state index contributed by atoms with van der Waals surface area (Å²) < 4.78 is 5.25. The number of nitrogens with zero attached hydrogens (tertiary/aromatic N) is 2. The van der Waals surface area contributed by atoms with Gasteiger partial charge in [0.1, 0.15) is 9.88 Å². The third kappa shape index (κ3) is 4.64. The number of aromatic nitrogens is 1. The van der Waals surface area contributed by atoms with Crippen molar-refractivity contribution in [2.45, 2.75) is 20.4 Å². The van der Waals surface area contributed by atoms with Gasteiger partial charge in [0.05, 0.1) is 5.69 Å². The first-order chi connectivity index (χ1) is 13.5. The Morgan fingerprint density at radius 3 is 2.43 bits per heavy atom. The average molecular weight is 394 g/mol. The first-order valence-electron chi connectivity index (χ1n) is 8.94. The fraction of sp³-hybridized carbons (Fsp3) is 0.227. The zero-order valence-corrected chi connectivity index (χ0v) is 17.0. The summed E-state index contributed by atoms with van der Waals surface area (Å²) in [5, 5.41) is 0.757. The molecule has 0 saturated heterocycles. The van der Waals surface area contributed by atoms with Crippen molar-refractivity contribution in [2.75, 3.05) is 13.7 Å². The summed E-state index contributed by atoms with van der Waals surface area (Å²) in [6, 6.07) is 17.6. The second kappa shape index (κ2) is 8.80. The summed E-state index contributed by atoms with van der Waals surface area (Å²) in [7, 11) is 1.70. The number of carbonyl (C=O) groups is 2. The summed E-state index contributed by atoms with van der Waals surface area (Å²) in [5.41, 5.74) is 3.74. The molecule has 0 radical (unpaired) electrons. The van der Waals surface area contributed by atoms with Crippen molar-refractivity contribution in [1.29, 1.82) is 0 Å². The molecule has 3 aromatic rings. The van der Waals surface area contributed by atoms with Crippen LogP contribution in [0.2, 0.25) is 0 Å². The van der Waals surface area contributed by atoms with E-state index >= 15 is 0 Å². The molecule has 5 nitrogen and oxygen atoms in total. The van der Waals surface area contributed by atoms with Gasteiger partial charge in [0.2, 0.25) is 0 Å². The number of ether oxygens (including phenoxy) is 1. The van der Waals surface area contributed by atoms with E-state index in [4.69, 9.17) is 4.74 Å². The molecule has 3 rings (SSSR count). The van der Waals surface area contributed by atoms with Crippen molar-refractivity contribution in [2.24, 2.45) is 0 Å². The smallest absolute Gasteiger partial charge is 0.350 e. The number of esters is 1. The highest BCUT2D eigenvalue weighted by molar-refractivity contribution is 7.17. The quantitative estimate of drug-likeness (QED) is 0.587. The number of carbonyl (C=O) groups excluding carboxylic acids is 2. The Balaban J connectivity index is 1.60. The summed E-state index contributed by atoms with van der Waals surface area (Å²) in [6.45, 7) is 3.95. The van der Waals surface area contributed by atoms with E-state index in [9.17, 15) is 9.59 Å². The van der Waals surface area contributed by atoms with E-state index in [-0.39, 0.29) is 12.5 Å². The van der Waals surface area contributed by atoms with Crippen molar-refractivity contribution in [1.82, 2.24) is 9.88 Å². The fourth-order valence-corrected chi connectivity index (χ4v) is 3.69. The molecule has 0 aliphatic heterocycles. The van der Waals surface area contributed by atoms with Gasteiger partial charge in [-0.3, -0.25) is 4.79 Å². The van der Waals surface area contributed by atoms with Crippen LogP contribution in [0, 0.1) is 13.8 Å². The Kier molecular flexibility index (Phi) is 6.21. The molecule has 1 aromatic heterocycles. The summed E-state index contributed by atoms with van der Waals surface area (Å²) in [6.07, 6.45) is 0. The van der Waals surface area contributed by atoms with Crippen molar-refractivity contribution < 1.29 is 14.3 Å². The third-order valence-electron chi connectivity index (χ3n) is 4.42. The Morgan fingerprint density at radius 2 is 1.71 bits per heavy atom. The molecule has 0 N–H and O–H groups in total. The molecule has 1 amide bonds. The first-order valence-corrected chi connectivity index (χ1v) is 9.76. The molecule has 0 fully saturated rings. The lowest BCUT2D eigenvalue weighted by atomic mass is 10.1. The van der Waals surface area contributed by atoms with Crippen LogP contribution >= 0.6 is 11.3 Å². The SMILES string of the molecule is Cc1ccccc1CN(C)C(=O)COC(=O)c1sc(-c2ccccc2)nc1C. The van der Waals surface area contributed by atoms with E-state index in [1.807, 2.05) is 61.5 Å². The van der Waals surface area contributed by atoms with Crippen molar-refractivity contribution in [3.63, 3.8) is 0 Å². The number of likely N-dealkylation sites (N-methyl/N-ethyl adjacent to an activating group) is 1. The molecule has 0 aliphatic rings. The van der Waals surface area contributed by atoms with Gasteiger partial charge in [-0.1, -0.05) is 54.6 Å². The number of amides is 1. The topological polar surface area (TPSA) is 59.5 Å². The van der Waals surface area contributed by atoms with Gasteiger partial charge in [-0.15, -0.1) is 11.3 Å². The number of hydrogen-bond donors (Lipinski definition) is 0. The number of rotatable bonds is 6. The monoisotopic (exact) mass is 394 g/mol. The average Bonchev–Trinajstić information content (AvgIpc) is 3.10. The van der Waals surface area contributed by atoms with E-state index in [0.29, 0.717) is 17.1 Å². The predicted molar refractivity (Wildman–Crippen MR) is 110 cm³/mol. The maximum atomic E-state index is 12.4. The molecule has 2 aromatic carbocycles. The van der Waals surface area contributed by atoms with Crippen LogP contribution in [0.5, 0.6) is 0 Å². The van der Waals surface area contributed by atoms with Gasteiger partial charge in [-0.05, 0) is 25.0 Å². The zero-order chi connectivity index (χ0) is 20.1. The van der Waals surface area contributed by atoms with Crippen LogP contribution in [0.4, 0.5) is 0 Å². The van der Waals surface area contributed by atoms with Gasteiger partial charge in [-0.2, -0.15) is 0 Å². The highest BCUT2D eigenvalue weighted by Crippen LogP contribution is 2.28. The minimum atomic E-state index is -0.519. The van der Waals surface area contributed by atoms with Crippen LogP contribution in [-0.2, 0) is 16.1 Å². The van der Waals surface area contributed by atoms with Crippen LogP contribution < -0.4 is 0 Å². The zero-order valence-electron chi connectivity index (χ0n) is 16.1. The first kappa shape index (κ1) is 19.8. The molecule has 28 heavy (non-hydrogen) atoms. The molecule has 6 heteroatoms. The maximum absolute atomic E-state index is 12.4. The van der Waals surface area contributed by atoms with Gasteiger partial charge in [-0.25, -0.2) is 9.78 Å². The van der Waals surface area contributed by atoms with Crippen molar-refractivity contribution in [3.8, 4) is 10.6 Å². The van der Waals surface area contributed by atoms with Crippen LogP contribution in [0.3, 0.4) is 0 Å². The minimum absolute atomic E-state index is 0.248. The standard InChI is InChI=1S/C22H22N2O3S/c1-15-9-7-8-12-18(15)13-24(3)19(25)14-27-22(26)20-16(2)23-21(28-20)17-10-5-4-6-11-17/h4-12H,13-14H2,1-3H3. The van der Waals surface area contributed by atoms with Crippen LogP contribution in [0.1, 0.15) is 26.5 Å². The fourth-order valence-electron chi connectivity index (χ4n) is 2.72. The second-order valence-corrected chi connectivity index (χ2v) is 7.55. The van der Waals surface area contributed by atoms with Gasteiger partial charge in [0.25, 0.3) is 5.91 Å². The number of thiazole rings is 1. The number of benzene rings is 2. The maximum Gasteiger partial charge on any atom is 0.350 e. The van der Waals surface area contributed by atoms with Crippen LogP contribution in [0.15, 0.2) is 54.6 Å². The third-order valence-corrected chi connectivity index (χ3v) is 5.61. The highest BCUT2D eigenvalue weighted by Gasteiger charge is 2.20. The van der Waals surface area contributed by atoms with Crippen molar-refractivity contribution >= 4 is 23.2 Å². The molecule has 0 saturated carbocycles. The molecule has 1 heterocycles. The summed E-state index contributed by atoms with van der Waals surface area (Å²) in [4.78, 5) is 31.2. The van der Waals surface area contributed by atoms with E-state index in [0.717, 1.165) is 21.7 Å². The minimum Gasteiger partial charge on any atom is -0.451 e. The molecule has 0 bridgehead atoms. The summed E-state index contributed by atoms with van der Waals surface area (Å²) in [5.74, 6) is -0.767. The van der Waals surface area contributed by atoms with E-state index in [1.54, 1.807) is 18.9 Å². The molecular formula is C22H22N2O3S. The van der Waals surface area contributed by atoms with Gasteiger partial charge >= 0.3 is 5.97 Å². The van der Waals surface area contributed by atoms with Crippen molar-refractivity contribution in [3.05, 3.63) is 76.3 Å². The van der Waals surface area contributed by atoms with E-state index in [2.05, 4.69) is 4.98 Å². The van der Waals surface area contributed by atoms with Gasteiger partial charge in [0.15, 0.2) is 6.61 Å². The van der Waals surface area contributed by atoms with E-state index < -0.39 is 5.97 Å². The number of hydrogen-bond acceptors (Lipinski definition) is 5. The molecule has 0 spiro atoms. The summed E-state index contributed by atoms with van der Waals surface area (Å²) >= 11 is 1.27. The Hall–Kier alpha value is -2.99. The van der Waals surface area contributed by atoms with Gasteiger partial charge < -0.3 is 9.64 Å². The Bertz CT molecular complexity index is 982. The van der Waals surface area contributed by atoms with E-state index in [1.165, 1.54) is 11.3 Å². The van der Waals surface area contributed by atoms with Gasteiger partial charge in [0, 0.05) is 19.2 Å². The molecule has 0 atom stereocenters. The lowest BCUT2D eigenvalue weighted by Crippen LogP contribution is -2.31. The highest BCUT2D eigenvalue weighted by atomic mass is 32.1. The Labute approximate surface area is 168 Å². The largest absolute Gasteiger partial charge is 0.451 e. The van der Waals surface area contributed by atoms with Crippen LogP contribution in [0.25, 0.3) is 10.6 Å².